The van der Waals surface area contributed by atoms with Gasteiger partial charge in [0.25, 0.3) is 0 Å². The predicted octanol–water partition coefficient (Wildman–Crippen LogP) is 1.45. The lowest BCUT2D eigenvalue weighted by Crippen LogP contribution is -2.13. The molecule has 0 saturated heterocycles. The summed E-state index contributed by atoms with van der Waals surface area (Å²) in [5.74, 6) is 1.52. The molecule has 0 aliphatic carbocycles. The van der Waals surface area contributed by atoms with Crippen LogP contribution in [0.1, 0.15) is 11.1 Å². The predicted molar refractivity (Wildman–Crippen MR) is 52.4 cm³/mol. The Labute approximate surface area is 82.6 Å². The second-order valence-electron chi connectivity index (χ2n) is 3.22. The van der Waals surface area contributed by atoms with Crippen LogP contribution >= 0.6 is 0 Å². The van der Waals surface area contributed by atoms with Crippen molar-refractivity contribution >= 4 is 5.69 Å². The van der Waals surface area contributed by atoms with Crippen molar-refractivity contribution in [3.8, 4) is 11.5 Å². The number of ether oxygens (including phenoxy) is 3. The molecule has 1 aromatic rings. The van der Waals surface area contributed by atoms with Gasteiger partial charge in [-0.1, -0.05) is 0 Å². The van der Waals surface area contributed by atoms with Crippen molar-refractivity contribution < 1.29 is 14.2 Å². The third-order valence-electron chi connectivity index (χ3n) is 2.31. The van der Waals surface area contributed by atoms with Crippen LogP contribution in [-0.4, -0.2) is 13.9 Å². The first-order chi connectivity index (χ1) is 6.74. The van der Waals surface area contributed by atoms with E-state index in [0.717, 1.165) is 16.9 Å². The zero-order valence-corrected chi connectivity index (χ0v) is 8.29. The Morgan fingerprint density at radius 2 is 2.29 bits per heavy atom. The summed E-state index contributed by atoms with van der Waals surface area (Å²) in [7, 11) is 1.60. The fourth-order valence-electron chi connectivity index (χ4n) is 1.71. The molecule has 1 aliphatic heterocycles. The molecule has 0 atom stereocenters. The van der Waals surface area contributed by atoms with Crippen LogP contribution in [0, 0.1) is 6.92 Å². The normalized spacial score (nSPS) is 14.4. The maximum Gasteiger partial charge on any atom is 0.189 e. The van der Waals surface area contributed by atoms with Crippen LogP contribution in [0.2, 0.25) is 0 Å². The van der Waals surface area contributed by atoms with Gasteiger partial charge in [-0.15, -0.1) is 0 Å². The summed E-state index contributed by atoms with van der Waals surface area (Å²) in [6.07, 6.45) is 0. The largest absolute Gasteiger partial charge is 0.494 e. The van der Waals surface area contributed by atoms with Crippen LogP contribution < -0.4 is 15.2 Å². The maximum atomic E-state index is 5.82. The molecule has 4 nitrogen and oxygen atoms in total. The first-order valence-electron chi connectivity index (χ1n) is 4.40. The lowest BCUT2D eigenvalue weighted by atomic mass is 10.1. The van der Waals surface area contributed by atoms with E-state index in [2.05, 4.69) is 0 Å². The molecule has 1 aromatic carbocycles. The number of benzene rings is 1. The van der Waals surface area contributed by atoms with Crippen molar-refractivity contribution in [1.82, 2.24) is 0 Å². The molecule has 0 aromatic heterocycles. The van der Waals surface area contributed by atoms with E-state index in [-0.39, 0.29) is 0 Å². The summed E-state index contributed by atoms with van der Waals surface area (Å²) >= 11 is 0. The van der Waals surface area contributed by atoms with Gasteiger partial charge in [-0.05, 0) is 13.0 Å². The molecular weight excluding hydrogens is 182 g/mol. The minimum Gasteiger partial charge on any atom is -0.494 e. The third kappa shape index (κ3) is 1.28. The van der Waals surface area contributed by atoms with Crippen LogP contribution in [0.4, 0.5) is 5.69 Å². The summed E-state index contributed by atoms with van der Waals surface area (Å²) in [6, 6.07) is 1.83. The van der Waals surface area contributed by atoms with Gasteiger partial charge in [0.1, 0.15) is 11.5 Å². The van der Waals surface area contributed by atoms with Gasteiger partial charge in [-0.25, -0.2) is 0 Å². The summed E-state index contributed by atoms with van der Waals surface area (Å²) < 4.78 is 15.8. The molecule has 0 bridgehead atoms. The molecular formula is C10H13NO3. The first kappa shape index (κ1) is 9.15. The Morgan fingerprint density at radius 1 is 1.50 bits per heavy atom. The minimum absolute atomic E-state index is 0.293. The second-order valence-corrected chi connectivity index (χ2v) is 3.22. The van der Waals surface area contributed by atoms with Crippen LogP contribution in [0.15, 0.2) is 6.07 Å². The number of rotatable bonds is 1. The Hall–Kier alpha value is -1.42. The number of nitrogens with two attached hydrogens (primary N) is 1. The van der Waals surface area contributed by atoms with Gasteiger partial charge >= 0.3 is 0 Å². The molecule has 0 saturated carbocycles. The van der Waals surface area contributed by atoms with Crippen LogP contribution in [0.5, 0.6) is 11.5 Å². The van der Waals surface area contributed by atoms with Gasteiger partial charge in [0.15, 0.2) is 6.79 Å². The molecule has 0 spiro atoms. The Balaban J connectivity index is 2.57. The van der Waals surface area contributed by atoms with E-state index in [1.165, 1.54) is 0 Å². The summed E-state index contributed by atoms with van der Waals surface area (Å²) in [6.45, 7) is 2.77. The van der Waals surface area contributed by atoms with E-state index < -0.39 is 0 Å². The van der Waals surface area contributed by atoms with E-state index >= 15 is 0 Å². The van der Waals surface area contributed by atoms with Crippen LogP contribution in [0.3, 0.4) is 0 Å². The summed E-state index contributed by atoms with van der Waals surface area (Å²) in [5, 5.41) is 0. The molecule has 0 radical (unpaired) electrons. The molecule has 0 fully saturated rings. The molecule has 76 valence electrons. The second kappa shape index (κ2) is 3.38. The average molecular weight is 195 g/mol. The SMILES string of the molecule is COc1c(N)cc2c(c1C)OCOC2. The van der Waals surface area contributed by atoms with Gasteiger partial charge in [0, 0.05) is 11.1 Å². The van der Waals surface area contributed by atoms with Crippen LogP contribution in [-0.2, 0) is 11.3 Å². The standard InChI is InChI=1S/C10H13NO3/c1-6-9-7(4-13-5-14-9)3-8(11)10(6)12-2/h3H,4-5,11H2,1-2H3. The number of methoxy groups -OCH3 is 1. The van der Waals surface area contributed by atoms with Crippen molar-refractivity contribution in [3.63, 3.8) is 0 Å². The van der Waals surface area contributed by atoms with E-state index in [1.807, 2.05) is 13.0 Å². The maximum absolute atomic E-state index is 5.82. The van der Waals surface area contributed by atoms with E-state index in [0.29, 0.717) is 24.8 Å². The highest BCUT2D eigenvalue weighted by atomic mass is 16.7. The lowest BCUT2D eigenvalue weighted by molar-refractivity contribution is -0.0169. The van der Waals surface area contributed by atoms with Gasteiger partial charge < -0.3 is 19.9 Å². The molecule has 2 rings (SSSR count). The van der Waals surface area contributed by atoms with Crippen molar-refractivity contribution in [1.29, 1.82) is 0 Å². The van der Waals surface area contributed by atoms with Gasteiger partial charge in [0.2, 0.25) is 0 Å². The molecule has 1 heterocycles. The molecule has 4 heteroatoms. The van der Waals surface area contributed by atoms with Crippen molar-refractivity contribution in [3.05, 3.63) is 17.2 Å². The van der Waals surface area contributed by atoms with Crippen molar-refractivity contribution in [2.24, 2.45) is 0 Å². The monoisotopic (exact) mass is 195 g/mol. The number of hydrogen-bond acceptors (Lipinski definition) is 4. The zero-order chi connectivity index (χ0) is 10.1. The minimum atomic E-state index is 0.293. The molecule has 2 N–H and O–H groups in total. The van der Waals surface area contributed by atoms with Gasteiger partial charge in [-0.3, -0.25) is 0 Å². The third-order valence-corrected chi connectivity index (χ3v) is 2.31. The van der Waals surface area contributed by atoms with E-state index in [4.69, 9.17) is 19.9 Å². The lowest BCUT2D eigenvalue weighted by Gasteiger charge is -2.22. The molecule has 1 aliphatic rings. The first-order valence-corrected chi connectivity index (χ1v) is 4.40. The Morgan fingerprint density at radius 3 is 3.00 bits per heavy atom. The topological polar surface area (TPSA) is 53.7 Å². The fraction of sp³-hybridized carbons (Fsp3) is 0.400. The Kier molecular flexibility index (Phi) is 2.21. The Bertz CT molecular complexity index is 363. The van der Waals surface area contributed by atoms with E-state index in [1.54, 1.807) is 7.11 Å². The smallest absolute Gasteiger partial charge is 0.189 e. The van der Waals surface area contributed by atoms with Gasteiger partial charge in [-0.2, -0.15) is 0 Å². The van der Waals surface area contributed by atoms with Crippen LogP contribution in [0.25, 0.3) is 0 Å². The molecule has 0 amide bonds. The van der Waals surface area contributed by atoms with Crippen molar-refractivity contribution in [2.75, 3.05) is 19.6 Å². The number of anilines is 1. The van der Waals surface area contributed by atoms with E-state index in [9.17, 15) is 0 Å². The highest BCUT2D eigenvalue weighted by Gasteiger charge is 2.18. The fourth-order valence-corrected chi connectivity index (χ4v) is 1.71. The number of nitrogen functional groups attached to an aromatic ring is 1. The zero-order valence-electron chi connectivity index (χ0n) is 8.29. The molecule has 0 unspecified atom stereocenters. The number of hydrogen-bond donors (Lipinski definition) is 1. The molecule has 14 heavy (non-hydrogen) atoms. The highest BCUT2D eigenvalue weighted by Crippen LogP contribution is 2.38. The van der Waals surface area contributed by atoms with Gasteiger partial charge in [0.05, 0.1) is 19.4 Å². The highest BCUT2D eigenvalue weighted by molar-refractivity contribution is 5.64. The summed E-state index contributed by atoms with van der Waals surface area (Å²) in [4.78, 5) is 0. The quantitative estimate of drug-likeness (QED) is 0.689. The summed E-state index contributed by atoms with van der Waals surface area (Å²) in [5.41, 5.74) is 8.36. The number of fused-ring (bicyclic) bond motifs is 1. The van der Waals surface area contributed by atoms with Crippen molar-refractivity contribution in [2.45, 2.75) is 13.5 Å². The average Bonchev–Trinajstić information content (AvgIpc) is 2.18.